The van der Waals surface area contributed by atoms with Crippen molar-refractivity contribution in [2.45, 2.75) is 62.6 Å². The van der Waals surface area contributed by atoms with Crippen LogP contribution in [0.15, 0.2) is 47.6 Å². The third-order valence-electron chi connectivity index (χ3n) is 7.17. The largest absolute Gasteiger partial charge is 0.434 e. The van der Waals surface area contributed by atoms with E-state index in [4.69, 9.17) is 4.98 Å². The van der Waals surface area contributed by atoms with Crippen molar-refractivity contribution in [3.05, 3.63) is 65.4 Å². The molecule has 1 saturated carbocycles. The first-order valence-corrected chi connectivity index (χ1v) is 13.4. The van der Waals surface area contributed by atoms with Crippen LogP contribution in [0.25, 0.3) is 11.3 Å². The van der Waals surface area contributed by atoms with E-state index in [1.807, 2.05) is 24.3 Å². The van der Waals surface area contributed by atoms with Crippen LogP contribution in [0, 0.1) is 6.92 Å². The molecule has 37 heavy (non-hydrogen) atoms. The maximum Gasteiger partial charge on any atom is 0.434 e. The van der Waals surface area contributed by atoms with Crippen LogP contribution in [0.3, 0.4) is 0 Å². The van der Waals surface area contributed by atoms with Crippen molar-refractivity contribution in [1.29, 1.82) is 0 Å². The Hall–Kier alpha value is -3.14. The minimum Gasteiger partial charge on any atom is -0.334 e. The van der Waals surface area contributed by atoms with Crippen molar-refractivity contribution in [2.75, 3.05) is 17.2 Å². The highest BCUT2D eigenvalue weighted by Gasteiger charge is 2.48. The first-order valence-electron chi connectivity index (χ1n) is 12.4. The van der Waals surface area contributed by atoms with E-state index in [1.54, 1.807) is 22.7 Å². The van der Waals surface area contributed by atoms with Crippen LogP contribution >= 0.6 is 11.8 Å². The summed E-state index contributed by atoms with van der Waals surface area (Å²) in [5, 5.41) is 3.01. The molecule has 0 radical (unpaired) electrons. The molecule has 3 aromatic rings. The second-order valence-corrected chi connectivity index (χ2v) is 10.9. The number of nitrogens with one attached hydrogen (secondary N) is 1. The molecule has 0 unspecified atom stereocenters. The lowest BCUT2D eigenvalue weighted by Crippen LogP contribution is -2.41. The lowest BCUT2D eigenvalue weighted by Gasteiger charge is -2.24. The number of hydrogen-bond acceptors (Lipinski definition) is 5. The number of benzene rings is 1. The number of urea groups is 1. The SMILES string of the molecule is CCSc1ccc(CNC(=O)N2CC3(CCCC3)c3nc(-c4c(C)ncnc4C(F)(F)F)ccc32)cc1. The summed E-state index contributed by atoms with van der Waals surface area (Å²) in [6.07, 6.45) is -0.0430. The number of anilines is 1. The molecule has 2 aromatic heterocycles. The number of fused-ring (bicyclic) bond motifs is 2. The molecule has 3 heterocycles. The van der Waals surface area contributed by atoms with Crippen molar-refractivity contribution in [1.82, 2.24) is 20.3 Å². The van der Waals surface area contributed by atoms with Crippen LogP contribution in [0.2, 0.25) is 0 Å². The van der Waals surface area contributed by atoms with Gasteiger partial charge in [-0.15, -0.1) is 11.8 Å². The molecule has 0 atom stereocenters. The van der Waals surface area contributed by atoms with Gasteiger partial charge in [-0.3, -0.25) is 4.90 Å². The fourth-order valence-corrected chi connectivity index (χ4v) is 6.09. The van der Waals surface area contributed by atoms with Gasteiger partial charge in [-0.1, -0.05) is 31.9 Å². The number of carbonyl (C=O) groups excluding carboxylic acids is 1. The highest BCUT2D eigenvalue weighted by molar-refractivity contribution is 7.99. The Bertz CT molecular complexity index is 1310. The summed E-state index contributed by atoms with van der Waals surface area (Å²) >= 11 is 1.76. The summed E-state index contributed by atoms with van der Waals surface area (Å²) < 4.78 is 41.3. The maximum absolute atomic E-state index is 13.8. The Morgan fingerprint density at radius 1 is 1.11 bits per heavy atom. The van der Waals surface area contributed by atoms with Gasteiger partial charge in [0.15, 0.2) is 5.69 Å². The third-order valence-corrected chi connectivity index (χ3v) is 8.07. The zero-order valence-corrected chi connectivity index (χ0v) is 21.5. The predicted molar refractivity (Wildman–Crippen MR) is 138 cm³/mol. The number of aryl methyl sites for hydroxylation is 1. The molecular formula is C27H28F3N5OS. The number of carbonyl (C=O) groups is 1. The Labute approximate surface area is 218 Å². The molecule has 1 aliphatic carbocycles. The van der Waals surface area contributed by atoms with Gasteiger partial charge >= 0.3 is 12.2 Å². The average molecular weight is 528 g/mol. The number of rotatable bonds is 5. The molecule has 0 saturated heterocycles. The molecule has 194 valence electrons. The normalized spacial score (nSPS) is 16.3. The number of nitrogens with zero attached hydrogens (tertiary/aromatic N) is 4. The van der Waals surface area contributed by atoms with Crippen molar-refractivity contribution in [2.24, 2.45) is 0 Å². The summed E-state index contributed by atoms with van der Waals surface area (Å²) in [5.41, 5.74) is 1.27. The summed E-state index contributed by atoms with van der Waals surface area (Å²) in [4.78, 5) is 28.5. The van der Waals surface area contributed by atoms with E-state index in [2.05, 4.69) is 22.2 Å². The predicted octanol–water partition coefficient (Wildman–Crippen LogP) is 6.52. The fraction of sp³-hybridized carbons (Fsp3) is 0.407. The van der Waals surface area contributed by atoms with Gasteiger partial charge in [-0.2, -0.15) is 13.2 Å². The van der Waals surface area contributed by atoms with Crippen molar-refractivity contribution in [3.63, 3.8) is 0 Å². The van der Waals surface area contributed by atoms with Crippen LogP contribution in [-0.4, -0.2) is 33.3 Å². The minimum absolute atomic E-state index is 0.112. The molecule has 1 aromatic carbocycles. The van der Waals surface area contributed by atoms with Crippen molar-refractivity contribution in [3.8, 4) is 11.3 Å². The maximum atomic E-state index is 13.8. The van der Waals surface area contributed by atoms with Gasteiger partial charge in [-0.25, -0.2) is 19.7 Å². The second-order valence-electron chi connectivity index (χ2n) is 9.55. The molecule has 1 fully saturated rings. The molecule has 10 heteroatoms. The molecule has 0 bridgehead atoms. The van der Waals surface area contributed by atoms with Gasteiger partial charge in [0.2, 0.25) is 0 Å². The zero-order valence-electron chi connectivity index (χ0n) is 20.7. The number of thioether (sulfide) groups is 1. The quantitative estimate of drug-likeness (QED) is 0.383. The smallest absolute Gasteiger partial charge is 0.334 e. The van der Waals surface area contributed by atoms with Gasteiger partial charge in [0.1, 0.15) is 6.33 Å². The molecule has 6 nitrogen and oxygen atoms in total. The Morgan fingerprint density at radius 2 is 1.84 bits per heavy atom. The first kappa shape index (κ1) is 25.5. The Balaban J connectivity index is 1.45. The third kappa shape index (κ3) is 4.91. The standard InChI is InChI=1S/C27H28F3N5OS/c1-3-37-19-8-6-18(7-9-19)14-31-25(36)35-15-26(12-4-5-13-26)23-21(35)11-10-20(34-23)22-17(2)32-16-33-24(22)27(28,29)30/h6-11,16H,3-5,12-15H2,1-2H3,(H,31,36). The monoisotopic (exact) mass is 527 g/mol. The first-order chi connectivity index (χ1) is 17.7. The highest BCUT2D eigenvalue weighted by atomic mass is 32.2. The van der Waals surface area contributed by atoms with E-state index in [1.165, 1.54) is 17.9 Å². The second kappa shape index (κ2) is 9.96. The van der Waals surface area contributed by atoms with Crippen molar-refractivity contribution < 1.29 is 18.0 Å². The zero-order chi connectivity index (χ0) is 26.2. The molecular weight excluding hydrogens is 499 g/mol. The molecule has 1 N–H and O–H groups in total. The number of hydrogen-bond donors (Lipinski definition) is 1. The van der Waals surface area contributed by atoms with Gasteiger partial charge in [0.25, 0.3) is 0 Å². The van der Waals surface area contributed by atoms with Crippen LogP contribution in [0.5, 0.6) is 0 Å². The van der Waals surface area contributed by atoms with Gasteiger partial charge in [0, 0.05) is 23.4 Å². The van der Waals surface area contributed by atoms with Crippen LogP contribution in [0.4, 0.5) is 23.7 Å². The summed E-state index contributed by atoms with van der Waals surface area (Å²) in [7, 11) is 0. The lowest BCUT2D eigenvalue weighted by atomic mass is 9.84. The average Bonchev–Trinajstić information content (AvgIpc) is 3.48. The van der Waals surface area contributed by atoms with Crippen molar-refractivity contribution >= 4 is 23.5 Å². The molecule has 5 rings (SSSR count). The van der Waals surface area contributed by atoms with E-state index in [0.29, 0.717) is 24.5 Å². The highest BCUT2D eigenvalue weighted by Crippen LogP contribution is 2.50. The number of pyridine rings is 1. The van der Waals surface area contributed by atoms with E-state index in [-0.39, 0.29) is 28.4 Å². The van der Waals surface area contributed by atoms with E-state index >= 15 is 0 Å². The van der Waals surface area contributed by atoms with Gasteiger partial charge in [-0.05, 0) is 55.3 Å². The van der Waals surface area contributed by atoms with Crippen LogP contribution < -0.4 is 10.2 Å². The van der Waals surface area contributed by atoms with Gasteiger partial charge in [0.05, 0.1) is 28.3 Å². The topological polar surface area (TPSA) is 71.0 Å². The number of aromatic nitrogens is 3. The number of alkyl halides is 3. The number of amides is 2. The minimum atomic E-state index is -4.63. The van der Waals surface area contributed by atoms with Crippen LogP contribution in [0.1, 0.15) is 55.3 Å². The Kier molecular flexibility index (Phi) is 6.87. The van der Waals surface area contributed by atoms with Crippen LogP contribution in [-0.2, 0) is 18.1 Å². The van der Waals surface area contributed by atoms with E-state index in [9.17, 15) is 18.0 Å². The summed E-state index contributed by atoms with van der Waals surface area (Å²) in [6, 6.07) is 11.1. The molecule has 2 aliphatic rings. The molecule has 2 amide bonds. The Morgan fingerprint density at radius 3 is 2.51 bits per heavy atom. The summed E-state index contributed by atoms with van der Waals surface area (Å²) in [5.74, 6) is 0.996. The summed E-state index contributed by atoms with van der Waals surface area (Å²) in [6.45, 7) is 4.48. The number of halogens is 3. The lowest BCUT2D eigenvalue weighted by molar-refractivity contribution is -0.140. The molecule has 1 spiro atoms. The van der Waals surface area contributed by atoms with E-state index in [0.717, 1.165) is 43.3 Å². The van der Waals surface area contributed by atoms with Gasteiger partial charge < -0.3 is 5.32 Å². The molecule has 1 aliphatic heterocycles. The van der Waals surface area contributed by atoms with E-state index < -0.39 is 11.9 Å². The fourth-order valence-electron chi connectivity index (χ4n) is 5.43.